The van der Waals surface area contributed by atoms with E-state index in [2.05, 4.69) is 21.0 Å². The first-order chi connectivity index (χ1) is 8.54. The predicted octanol–water partition coefficient (Wildman–Crippen LogP) is 3.50. The van der Waals surface area contributed by atoms with Crippen LogP contribution in [-0.4, -0.2) is 14.9 Å². The molecule has 0 radical (unpaired) electrons. The minimum Gasteiger partial charge on any atom is -0.388 e. The molecule has 0 amide bonds. The third-order valence-electron chi connectivity index (χ3n) is 2.73. The van der Waals surface area contributed by atoms with E-state index in [1.807, 2.05) is 25.5 Å². The van der Waals surface area contributed by atoms with Crippen LogP contribution < -0.4 is 0 Å². The second-order valence-corrected chi connectivity index (χ2v) is 5.63. The molecule has 1 N–H and O–H groups in total. The molecular formula is C13H14BrClN2O. The first-order valence-corrected chi connectivity index (χ1v) is 6.83. The monoisotopic (exact) mass is 328 g/mol. The molecule has 3 nitrogen and oxygen atoms in total. The fourth-order valence-corrected chi connectivity index (χ4v) is 2.72. The average molecular weight is 330 g/mol. The van der Waals surface area contributed by atoms with Crippen molar-refractivity contribution in [2.75, 3.05) is 0 Å². The van der Waals surface area contributed by atoms with Gasteiger partial charge >= 0.3 is 0 Å². The lowest BCUT2D eigenvalue weighted by atomic mass is 10.0. The molecule has 0 spiro atoms. The van der Waals surface area contributed by atoms with Crippen molar-refractivity contribution in [3.8, 4) is 0 Å². The molecule has 0 bridgehead atoms. The maximum atomic E-state index is 10.1. The Balaban J connectivity index is 2.01. The number of aromatic nitrogens is 2. The highest BCUT2D eigenvalue weighted by atomic mass is 79.9. The number of nitrogens with zero attached hydrogens (tertiary/aromatic N) is 2. The molecule has 0 fully saturated rings. The van der Waals surface area contributed by atoms with Gasteiger partial charge in [-0.1, -0.05) is 27.5 Å². The summed E-state index contributed by atoms with van der Waals surface area (Å²) in [5, 5.41) is 14.9. The van der Waals surface area contributed by atoms with Crippen LogP contribution in [0.3, 0.4) is 0 Å². The van der Waals surface area contributed by atoms with Gasteiger partial charge in [0.1, 0.15) is 0 Å². The molecular weight excluding hydrogens is 316 g/mol. The van der Waals surface area contributed by atoms with Gasteiger partial charge in [-0.25, -0.2) is 0 Å². The molecule has 0 aliphatic heterocycles. The SMILES string of the molecule is Cn1cc(CCC(O)c2cc(Cl)cc(Br)c2)cn1. The Hall–Kier alpha value is -0.840. The van der Waals surface area contributed by atoms with Gasteiger partial charge in [-0.05, 0) is 42.2 Å². The second-order valence-electron chi connectivity index (χ2n) is 4.28. The van der Waals surface area contributed by atoms with E-state index in [4.69, 9.17) is 11.6 Å². The molecule has 0 aliphatic rings. The van der Waals surface area contributed by atoms with E-state index < -0.39 is 6.10 Å². The lowest BCUT2D eigenvalue weighted by molar-refractivity contribution is 0.168. The van der Waals surface area contributed by atoms with Crippen molar-refractivity contribution >= 4 is 27.5 Å². The number of hydrogen-bond donors (Lipinski definition) is 1. The number of rotatable bonds is 4. The highest BCUT2D eigenvalue weighted by Crippen LogP contribution is 2.26. The zero-order valence-corrected chi connectivity index (χ0v) is 12.3. The largest absolute Gasteiger partial charge is 0.388 e. The lowest BCUT2D eigenvalue weighted by Gasteiger charge is -2.11. The van der Waals surface area contributed by atoms with Crippen LogP contribution in [0, 0.1) is 0 Å². The zero-order chi connectivity index (χ0) is 13.1. The van der Waals surface area contributed by atoms with Crippen LogP contribution in [0.15, 0.2) is 35.1 Å². The van der Waals surface area contributed by atoms with Gasteiger partial charge in [0.2, 0.25) is 0 Å². The van der Waals surface area contributed by atoms with E-state index in [0.717, 1.165) is 22.0 Å². The Kier molecular flexibility index (Phi) is 4.43. The highest BCUT2D eigenvalue weighted by Gasteiger charge is 2.10. The van der Waals surface area contributed by atoms with Crippen molar-refractivity contribution in [3.63, 3.8) is 0 Å². The van der Waals surface area contributed by atoms with Crippen molar-refractivity contribution in [2.24, 2.45) is 7.05 Å². The molecule has 1 aromatic carbocycles. The molecule has 96 valence electrons. The summed E-state index contributed by atoms with van der Waals surface area (Å²) in [5.74, 6) is 0. The molecule has 0 saturated carbocycles. The Morgan fingerprint density at radius 3 is 2.83 bits per heavy atom. The number of benzene rings is 1. The van der Waals surface area contributed by atoms with Gasteiger partial charge in [0, 0.05) is 22.7 Å². The summed E-state index contributed by atoms with van der Waals surface area (Å²) >= 11 is 9.33. The number of aliphatic hydroxyl groups is 1. The Morgan fingerprint density at radius 2 is 2.22 bits per heavy atom. The van der Waals surface area contributed by atoms with Crippen LogP contribution in [-0.2, 0) is 13.5 Å². The van der Waals surface area contributed by atoms with Crippen molar-refractivity contribution in [3.05, 3.63) is 51.2 Å². The van der Waals surface area contributed by atoms with E-state index >= 15 is 0 Å². The van der Waals surface area contributed by atoms with E-state index in [9.17, 15) is 5.11 Å². The van der Waals surface area contributed by atoms with Gasteiger partial charge in [-0.2, -0.15) is 5.10 Å². The molecule has 2 aromatic rings. The molecule has 0 aliphatic carbocycles. The van der Waals surface area contributed by atoms with E-state index in [1.54, 1.807) is 16.8 Å². The summed E-state index contributed by atoms with van der Waals surface area (Å²) in [5.41, 5.74) is 1.95. The molecule has 0 saturated heterocycles. The van der Waals surface area contributed by atoms with Gasteiger partial charge in [0.05, 0.1) is 12.3 Å². The first-order valence-electron chi connectivity index (χ1n) is 5.66. The van der Waals surface area contributed by atoms with Crippen molar-refractivity contribution in [2.45, 2.75) is 18.9 Å². The summed E-state index contributed by atoms with van der Waals surface area (Å²) in [7, 11) is 1.88. The van der Waals surface area contributed by atoms with Crippen LogP contribution in [0.4, 0.5) is 0 Å². The first kappa shape index (κ1) is 13.6. The molecule has 5 heteroatoms. The summed E-state index contributed by atoms with van der Waals surface area (Å²) < 4.78 is 2.64. The summed E-state index contributed by atoms with van der Waals surface area (Å²) in [6.45, 7) is 0. The Labute approximate surface area is 120 Å². The topological polar surface area (TPSA) is 38.0 Å². The van der Waals surface area contributed by atoms with Crippen molar-refractivity contribution < 1.29 is 5.11 Å². The molecule has 1 heterocycles. The van der Waals surface area contributed by atoms with Gasteiger partial charge in [0.25, 0.3) is 0 Å². The minimum absolute atomic E-state index is 0.514. The van der Waals surface area contributed by atoms with E-state index in [-0.39, 0.29) is 0 Å². The fraction of sp³-hybridized carbons (Fsp3) is 0.308. The van der Waals surface area contributed by atoms with Crippen molar-refractivity contribution in [1.82, 2.24) is 9.78 Å². The Bertz CT molecular complexity index is 521. The predicted molar refractivity (Wildman–Crippen MR) is 75.6 cm³/mol. The second kappa shape index (κ2) is 5.87. The summed E-state index contributed by atoms with van der Waals surface area (Å²) in [6.07, 6.45) is 4.71. The van der Waals surface area contributed by atoms with Crippen LogP contribution in [0.2, 0.25) is 5.02 Å². The highest BCUT2D eigenvalue weighted by molar-refractivity contribution is 9.10. The van der Waals surface area contributed by atoms with E-state index in [0.29, 0.717) is 11.4 Å². The van der Waals surface area contributed by atoms with Crippen LogP contribution in [0.5, 0.6) is 0 Å². The summed E-state index contributed by atoms with van der Waals surface area (Å²) in [6, 6.07) is 5.49. The molecule has 1 atom stereocenters. The smallest absolute Gasteiger partial charge is 0.0794 e. The minimum atomic E-state index is -0.514. The van der Waals surface area contributed by atoms with Crippen LogP contribution in [0.1, 0.15) is 23.7 Å². The quantitative estimate of drug-likeness (QED) is 0.932. The molecule has 18 heavy (non-hydrogen) atoms. The molecule has 2 rings (SSSR count). The standard InChI is InChI=1S/C13H14BrClN2O/c1-17-8-9(7-16-17)2-3-13(18)10-4-11(14)6-12(15)5-10/h4-8,13,18H,2-3H2,1H3. The molecule has 1 unspecified atom stereocenters. The van der Waals surface area contributed by atoms with Crippen molar-refractivity contribution in [1.29, 1.82) is 0 Å². The third kappa shape index (κ3) is 3.57. The number of halogens is 2. The van der Waals surface area contributed by atoms with Gasteiger partial charge < -0.3 is 5.11 Å². The molecule has 1 aromatic heterocycles. The van der Waals surface area contributed by atoms with Crippen LogP contribution >= 0.6 is 27.5 Å². The lowest BCUT2D eigenvalue weighted by Crippen LogP contribution is -1.99. The third-order valence-corrected chi connectivity index (χ3v) is 3.41. The maximum Gasteiger partial charge on any atom is 0.0794 e. The van der Waals surface area contributed by atoms with Crippen LogP contribution in [0.25, 0.3) is 0 Å². The Morgan fingerprint density at radius 1 is 1.44 bits per heavy atom. The number of aliphatic hydroxyl groups excluding tert-OH is 1. The van der Waals surface area contributed by atoms with Gasteiger partial charge in [-0.3, -0.25) is 4.68 Å². The zero-order valence-electron chi connectivity index (χ0n) is 9.98. The fourth-order valence-electron chi connectivity index (χ4n) is 1.84. The normalized spacial score (nSPS) is 12.7. The van der Waals surface area contributed by atoms with Gasteiger partial charge in [0.15, 0.2) is 0 Å². The van der Waals surface area contributed by atoms with E-state index in [1.165, 1.54) is 0 Å². The maximum absolute atomic E-state index is 10.1. The number of aryl methyl sites for hydroxylation is 2. The van der Waals surface area contributed by atoms with Gasteiger partial charge in [-0.15, -0.1) is 0 Å². The summed E-state index contributed by atoms with van der Waals surface area (Å²) in [4.78, 5) is 0. The average Bonchev–Trinajstić information content (AvgIpc) is 2.70. The number of hydrogen-bond acceptors (Lipinski definition) is 2.